The number of benzene rings is 1. The van der Waals surface area contributed by atoms with Crippen LogP contribution in [0, 0.1) is 0 Å². The van der Waals surface area contributed by atoms with Crippen molar-refractivity contribution in [3.63, 3.8) is 0 Å². The van der Waals surface area contributed by atoms with E-state index in [4.69, 9.17) is 0 Å². The molecule has 0 aliphatic rings. The van der Waals surface area contributed by atoms with Crippen LogP contribution in [0.15, 0.2) is 35.5 Å². The lowest BCUT2D eigenvalue weighted by molar-refractivity contribution is 0.717. The molecule has 0 bridgehead atoms. The minimum Gasteiger partial charge on any atom is -0.361 e. The SMILES string of the molecule is CCCCCN=C(NCC)NCCc1c[nH]c2ccccc12. The number of rotatable bonds is 8. The van der Waals surface area contributed by atoms with Gasteiger partial charge in [-0.2, -0.15) is 0 Å². The van der Waals surface area contributed by atoms with Crippen molar-refractivity contribution in [2.45, 2.75) is 39.5 Å². The quantitative estimate of drug-likeness (QED) is 0.397. The predicted molar refractivity (Wildman–Crippen MR) is 95.5 cm³/mol. The molecule has 0 radical (unpaired) electrons. The van der Waals surface area contributed by atoms with Crippen LogP contribution in [0.1, 0.15) is 38.7 Å². The van der Waals surface area contributed by atoms with Gasteiger partial charge in [0.1, 0.15) is 0 Å². The van der Waals surface area contributed by atoms with Gasteiger partial charge in [0.05, 0.1) is 0 Å². The smallest absolute Gasteiger partial charge is 0.191 e. The van der Waals surface area contributed by atoms with E-state index in [-0.39, 0.29) is 0 Å². The number of aliphatic imine (C=N–C) groups is 1. The van der Waals surface area contributed by atoms with Crippen LogP contribution in [0.2, 0.25) is 0 Å². The van der Waals surface area contributed by atoms with Crippen molar-refractivity contribution in [1.29, 1.82) is 0 Å². The highest BCUT2D eigenvalue weighted by molar-refractivity contribution is 5.83. The summed E-state index contributed by atoms with van der Waals surface area (Å²) in [6, 6.07) is 8.44. The molecule has 0 aliphatic heterocycles. The number of fused-ring (bicyclic) bond motifs is 1. The number of H-pyrrole nitrogens is 1. The Morgan fingerprint density at radius 2 is 2.00 bits per heavy atom. The van der Waals surface area contributed by atoms with E-state index in [1.807, 2.05) is 0 Å². The van der Waals surface area contributed by atoms with Crippen LogP contribution in [0.4, 0.5) is 0 Å². The molecule has 0 saturated heterocycles. The van der Waals surface area contributed by atoms with E-state index in [1.54, 1.807) is 0 Å². The molecule has 0 aliphatic carbocycles. The van der Waals surface area contributed by atoms with E-state index in [0.717, 1.165) is 38.4 Å². The fraction of sp³-hybridized carbons (Fsp3) is 0.500. The third kappa shape index (κ3) is 4.79. The highest BCUT2D eigenvalue weighted by Gasteiger charge is 2.03. The molecule has 0 amide bonds. The Morgan fingerprint density at radius 3 is 2.82 bits per heavy atom. The lowest BCUT2D eigenvalue weighted by atomic mass is 10.1. The fourth-order valence-electron chi connectivity index (χ4n) is 2.55. The van der Waals surface area contributed by atoms with Crippen molar-refractivity contribution in [3.8, 4) is 0 Å². The standard InChI is InChI=1S/C18H28N4/c1-3-5-8-12-20-18(19-4-2)21-13-11-15-14-22-17-10-7-6-9-16(15)17/h6-7,9-10,14,22H,3-5,8,11-13H2,1-2H3,(H2,19,20,21). The summed E-state index contributed by atoms with van der Waals surface area (Å²) in [5, 5.41) is 8.05. The van der Waals surface area contributed by atoms with Crippen molar-refractivity contribution < 1.29 is 0 Å². The summed E-state index contributed by atoms with van der Waals surface area (Å²) in [6.45, 7) is 7.00. The van der Waals surface area contributed by atoms with Crippen LogP contribution in [-0.2, 0) is 6.42 Å². The second kappa shape index (κ2) is 9.13. The molecule has 2 aromatic rings. The first-order chi connectivity index (χ1) is 10.8. The normalized spacial score (nSPS) is 11.8. The summed E-state index contributed by atoms with van der Waals surface area (Å²) in [7, 11) is 0. The molecule has 120 valence electrons. The van der Waals surface area contributed by atoms with E-state index in [2.05, 4.69) is 64.9 Å². The van der Waals surface area contributed by atoms with Crippen LogP contribution in [0.25, 0.3) is 10.9 Å². The third-order valence-electron chi connectivity index (χ3n) is 3.74. The molecular formula is C18H28N4. The number of nitrogens with zero attached hydrogens (tertiary/aromatic N) is 1. The molecule has 0 saturated carbocycles. The van der Waals surface area contributed by atoms with Gasteiger partial charge >= 0.3 is 0 Å². The van der Waals surface area contributed by atoms with Gasteiger partial charge < -0.3 is 15.6 Å². The fourth-order valence-corrected chi connectivity index (χ4v) is 2.55. The molecule has 0 unspecified atom stereocenters. The van der Waals surface area contributed by atoms with Crippen molar-refractivity contribution in [3.05, 3.63) is 36.0 Å². The average molecular weight is 300 g/mol. The molecule has 22 heavy (non-hydrogen) atoms. The van der Waals surface area contributed by atoms with Gasteiger partial charge in [-0.25, -0.2) is 0 Å². The zero-order valence-corrected chi connectivity index (χ0v) is 13.8. The molecule has 0 atom stereocenters. The van der Waals surface area contributed by atoms with Crippen molar-refractivity contribution >= 4 is 16.9 Å². The molecule has 4 nitrogen and oxygen atoms in total. The summed E-state index contributed by atoms with van der Waals surface area (Å²) in [6.07, 6.45) is 6.74. The molecule has 0 spiro atoms. The maximum Gasteiger partial charge on any atom is 0.191 e. The number of unbranched alkanes of at least 4 members (excludes halogenated alkanes) is 2. The van der Waals surface area contributed by atoms with Crippen molar-refractivity contribution in [1.82, 2.24) is 15.6 Å². The first-order valence-electron chi connectivity index (χ1n) is 8.42. The molecule has 2 rings (SSSR count). The first kappa shape index (κ1) is 16.4. The van der Waals surface area contributed by atoms with Gasteiger partial charge in [-0.3, -0.25) is 4.99 Å². The van der Waals surface area contributed by atoms with Gasteiger partial charge in [0.15, 0.2) is 5.96 Å². The van der Waals surface area contributed by atoms with Crippen LogP contribution in [0.5, 0.6) is 0 Å². The van der Waals surface area contributed by atoms with E-state index >= 15 is 0 Å². The largest absolute Gasteiger partial charge is 0.361 e. The second-order valence-corrected chi connectivity index (χ2v) is 5.50. The summed E-state index contributed by atoms with van der Waals surface area (Å²) in [5.74, 6) is 0.929. The van der Waals surface area contributed by atoms with Gasteiger partial charge in [-0.1, -0.05) is 38.0 Å². The average Bonchev–Trinajstić information content (AvgIpc) is 2.95. The second-order valence-electron chi connectivity index (χ2n) is 5.50. The maximum atomic E-state index is 4.62. The molecule has 1 aromatic heterocycles. The number of nitrogens with one attached hydrogen (secondary N) is 3. The van der Waals surface area contributed by atoms with Crippen molar-refractivity contribution in [2.24, 2.45) is 4.99 Å². The van der Waals surface area contributed by atoms with Gasteiger partial charge in [0, 0.05) is 36.7 Å². The first-order valence-corrected chi connectivity index (χ1v) is 8.42. The topological polar surface area (TPSA) is 52.2 Å². The molecular weight excluding hydrogens is 272 g/mol. The summed E-state index contributed by atoms with van der Waals surface area (Å²) >= 11 is 0. The number of para-hydroxylation sites is 1. The molecule has 3 N–H and O–H groups in total. The predicted octanol–water partition coefficient (Wildman–Crippen LogP) is 3.46. The lowest BCUT2D eigenvalue weighted by Crippen LogP contribution is -2.38. The van der Waals surface area contributed by atoms with E-state index in [1.165, 1.54) is 29.3 Å². The number of guanidine groups is 1. The van der Waals surface area contributed by atoms with Gasteiger partial charge in [-0.05, 0) is 31.4 Å². The maximum absolute atomic E-state index is 4.62. The Kier molecular flexibility index (Phi) is 6.81. The molecule has 4 heteroatoms. The number of aromatic amines is 1. The van der Waals surface area contributed by atoms with Crippen LogP contribution < -0.4 is 10.6 Å². The zero-order chi connectivity index (χ0) is 15.6. The van der Waals surface area contributed by atoms with Crippen LogP contribution in [-0.4, -0.2) is 30.6 Å². The highest BCUT2D eigenvalue weighted by atomic mass is 15.2. The zero-order valence-electron chi connectivity index (χ0n) is 13.8. The van der Waals surface area contributed by atoms with E-state index in [0.29, 0.717) is 0 Å². The monoisotopic (exact) mass is 300 g/mol. The number of hydrogen-bond acceptors (Lipinski definition) is 1. The van der Waals surface area contributed by atoms with Crippen LogP contribution in [0.3, 0.4) is 0 Å². The van der Waals surface area contributed by atoms with E-state index in [9.17, 15) is 0 Å². The van der Waals surface area contributed by atoms with Gasteiger partial charge in [-0.15, -0.1) is 0 Å². The number of aromatic nitrogens is 1. The Morgan fingerprint density at radius 1 is 1.14 bits per heavy atom. The van der Waals surface area contributed by atoms with E-state index < -0.39 is 0 Å². The number of hydrogen-bond donors (Lipinski definition) is 3. The summed E-state index contributed by atoms with van der Waals surface area (Å²) < 4.78 is 0. The summed E-state index contributed by atoms with van der Waals surface area (Å²) in [5.41, 5.74) is 2.56. The minimum atomic E-state index is 0.890. The van der Waals surface area contributed by atoms with Gasteiger partial charge in [0.2, 0.25) is 0 Å². The van der Waals surface area contributed by atoms with Crippen LogP contribution >= 0.6 is 0 Å². The Hall–Kier alpha value is -1.97. The van der Waals surface area contributed by atoms with Gasteiger partial charge in [0.25, 0.3) is 0 Å². The molecule has 1 aromatic carbocycles. The van der Waals surface area contributed by atoms with Crippen molar-refractivity contribution in [2.75, 3.05) is 19.6 Å². The lowest BCUT2D eigenvalue weighted by Gasteiger charge is -2.11. The Bertz CT molecular complexity index is 586. The Labute approximate surface area is 133 Å². The summed E-state index contributed by atoms with van der Waals surface area (Å²) in [4.78, 5) is 7.94. The minimum absolute atomic E-state index is 0.890. The third-order valence-corrected chi connectivity index (χ3v) is 3.74. The molecule has 1 heterocycles. The highest BCUT2D eigenvalue weighted by Crippen LogP contribution is 2.17. The molecule has 0 fully saturated rings. The Balaban J connectivity index is 1.84.